The summed E-state index contributed by atoms with van der Waals surface area (Å²) in [6.45, 7) is 1.79. The zero-order valence-corrected chi connectivity index (χ0v) is 10.8. The van der Waals surface area contributed by atoms with Gasteiger partial charge in [-0.3, -0.25) is 0 Å². The van der Waals surface area contributed by atoms with Crippen LogP contribution in [0.4, 0.5) is 24.5 Å². The summed E-state index contributed by atoms with van der Waals surface area (Å²) in [4.78, 5) is 0. The van der Waals surface area contributed by atoms with Crippen LogP contribution in [0.25, 0.3) is 0 Å². The average Bonchev–Trinajstić information content (AvgIpc) is 2.80. The molecule has 2 N–H and O–H groups in total. The van der Waals surface area contributed by atoms with E-state index in [1.54, 1.807) is 0 Å². The zero-order valence-electron chi connectivity index (χ0n) is 10.8. The molecule has 0 saturated carbocycles. The largest absolute Gasteiger partial charge is 0.416 e. The molecule has 6 heteroatoms. The monoisotopic (exact) mass is 276 g/mol. The molecule has 2 nitrogen and oxygen atoms in total. The van der Waals surface area contributed by atoms with Crippen molar-refractivity contribution in [1.82, 2.24) is 0 Å². The summed E-state index contributed by atoms with van der Waals surface area (Å²) in [7, 11) is 0. The second-order valence-electron chi connectivity index (χ2n) is 4.89. The molecular formula is C14H12BF3N2. The first kappa shape index (κ1) is 12.9. The van der Waals surface area contributed by atoms with E-state index >= 15 is 0 Å². The summed E-state index contributed by atoms with van der Waals surface area (Å²) in [5, 5.41) is 6.50. The Hall–Kier alpha value is -2.11. The SMILES string of the molecule is Cc1ccc2c(c1)NB(c1ccc(C(F)(F)F)cc1)N2. The molecule has 2 aromatic rings. The number of aryl methyl sites for hydroxylation is 1. The molecule has 0 aliphatic carbocycles. The summed E-state index contributed by atoms with van der Waals surface area (Å²) < 4.78 is 37.6. The Balaban J connectivity index is 1.83. The van der Waals surface area contributed by atoms with Crippen LogP contribution >= 0.6 is 0 Å². The number of alkyl halides is 3. The van der Waals surface area contributed by atoms with Crippen LogP contribution in [0.3, 0.4) is 0 Å². The van der Waals surface area contributed by atoms with Gasteiger partial charge in [0.25, 0.3) is 0 Å². The van der Waals surface area contributed by atoms with Crippen molar-refractivity contribution in [2.75, 3.05) is 10.5 Å². The minimum atomic E-state index is -4.30. The van der Waals surface area contributed by atoms with Gasteiger partial charge < -0.3 is 10.5 Å². The van der Waals surface area contributed by atoms with E-state index in [0.29, 0.717) is 0 Å². The van der Waals surface area contributed by atoms with Crippen molar-refractivity contribution in [2.45, 2.75) is 13.1 Å². The third kappa shape index (κ3) is 2.33. The number of fused-ring (bicyclic) bond motifs is 1. The Labute approximate surface area is 115 Å². The van der Waals surface area contributed by atoms with Crippen LogP contribution < -0.4 is 15.9 Å². The van der Waals surface area contributed by atoms with Gasteiger partial charge in [0.2, 0.25) is 0 Å². The molecule has 0 aromatic heterocycles. The fourth-order valence-electron chi connectivity index (χ4n) is 2.28. The molecule has 0 spiro atoms. The van der Waals surface area contributed by atoms with Crippen molar-refractivity contribution in [3.05, 3.63) is 53.6 Å². The lowest BCUT2D eigenvalue weighted by Gasteiger charge is -2.10. The number of benzene rings is 2. The summed E-state index contributed by atoms with van der Waals surface area (Å²) in [6, 6.07) is 11.1. The predicted molar refractivity (Wildman–Crippen MR) is 75.3 cm³/mol. The molecule has 20 heavy (non-hydrogen) atoms. The topological polar surface area (TPSA) is 24.1 Å². The first-order chi connectivity index (χ1) is 9.43. The molecule has 2 aromatic carbocycles. The number of rotatable bonds is 1. The van der Waals surface area contributed by atoms with Crippen LogP contribution in [0.2, 0.25) is 0 Å². The summed E-state index contributed by atoms with van der Waals surface area (Å²) in [5.41, 5.74) is 3.20. The third-order valence-corrected chi connectivity index (χ3v) is 3.35. The van der Waals surface area contributed by atoms with E-state index in [0.717, 1.165) is 34.5 Å². The van der Waals surface area contributed by atoms with Crippen LogP contribution in [-0.2, 0) is 6.18 Å². The maximum absolute atomic E-state index is 12.5. The molecule has 0 bridgehead atoms. The molecule has 1 aliphatic heterocycles. The van der Waals surface area contributed by atoms with Crippen molar-refractivity contribution < 1.29 is 13.2 Å². The molecule has 0 fully saturated rings. The zero-order chi connectivity index (χ0) is 14.3. The van der Waals surface area contributed by atoms with Crippen molar-refractivity contribution in [3.8, 4) is 0 Å². The van der Waals surface area contributed by atoms with E-state index in [9.17, 15) is 13.2 Å². The summed E-state index contributed by atoms with van der Waals surface area (Å²) in [6.07, 6.45) is -4.30. The van der Waals surface area contributed by atoms with Gasteiger partial charge in [0.05, 0.1) is 5.56 Å². The van der Waals surface area contributed by atoms with Gasteiger partial charge in [-0.2, -0.15) is 13.2 Å². The lowest BCUT2D eigenvalue weighted by atomic mass is 9.69. The molecule has 0 saturated heterocycles. The van der Waals surface area contributed by atoms with Crippen molar-refractivity contribution in [2.24, 2.45) is 0 Å². The normalized spacial score (nSPS) is 13.7. The highest BCUT2D eigenvalue weighted by atomic mass is 19.4. The Morgan fingerprint density at radius 1 is 0.900 bits per heavy atom. The average molecular weight is 276 g/mol. The highest BCUT2D eigenvalue weighted by Gasteiger charge is 2.31. The van der Waals surface area contributed by atoms with Gasteiger partial charge in [-0.25, -0.2) is 0 Å². The quantitative estimate of drug-likeness (QED) is 0.781. The first-order valence-electron chi connectivity index (χ1n) is 6.24. The number of hydrogen-bond acceptors (Lipinski definition) is 2. The van der Waals surface area contributed by atoms with E-state index in [1.807, 2.05) is 25.1 Å². The Kier molecular flexibility index (Phi) is 2.89. The van der Waals surface area contributed by atoms with E-state index in [4.69, 9.17) is 0 Å². The highest BCUT2D eigenvalue weighted by molar-refractivity contribution is 6.80. The number of nitrogens with one attached hydrogen (secondary N) is 2. The fourth-order valence-corrected chi connectivity index (χ4v) is 2.28. The van der Waals surface area contributed by atoms with Gasteiger partial charge in [-0.05, 0) is 30.1 Å². The standard InChI is InChI=1S/C14H12BF3N2/c1-9-2-7-12-13(8-9)20-15(19-12)11-5-3-10(4-6-11)14(16,17)18/h2-8,19-20H,1H3. The van der Waals surface area contributed by atoms with E-state index in [1.165, 1.54) is 12.1 Å². The lowest BCUT2D eigenvalue weighted by molar-refractivity contribution is -0.137. The molecule has 102 valence electrons. The van der Waals surface area contributed by atoms with Crippen LogP contribution in [0.15, 0.2) is 42.5 Å². The molecule has 0 radical (unpaired) electrons. The highest BCUT2D eigenvalue weighted by Crippen LogP contribution is 2.30. The van der Waals surface area contributed by atoms with E-state index in [2.05, 4.69) is 10.5 Å². The smallest absolute Gasteiger partial charge is 0.404 e. The minimum absolute atomic E-state index is 0.200. The molecular weight excluding hydrogens is 264 g/mol. The van der Waals surface area contributed by atoms with Crippen LogP contribution in [0.5, 0.6) is 0 Å². The van der Waals surface area contributed by atoms with E-state index in [-0.39, 0.29) is 6.98 Å². The van der Waals surface area contributed by atoms with Crippen LogP contribution in [-0.4, -0.2) is 6.98 Å². The molecule has 0 unspecified atom stereocenters. The van der Waals surface area contributed by atoms with Gasteiger partial charge in [-0.1, -0.05) is 30.3 Å². The molecule has 3 rings (SSSR count). The predicted octanol–water partition coefficient (Wildman–Crippen LogP) is 3.25. The Bertz CT molecular complexity index is 638. The maximum atomic E-state index is 12.5. The number of anilines is 2. The fraction of sp³-hybridized carbons (Fsp3) is 0.143. The lowest BCUT2D eigenvalue weighted by Crippen LogP contribution is -2.42. The number of halogens is 3. The van der Waals surface area contributed by atoms with E-state index < -0.39 is 11.7 Å². The van der Waals surface area contributed by atoms with Gasteiger partial charge in [-0.15, -0.1) is 0 Å². The van der Waals surface area contributed by atoms with Crippen LogP contribution in [0.1, 0.15) is 11.1 Å². The molecule has 0 atom stereocenters. The Morgan fingerprint density at radius 3 is 2.20 bits per heavy atom. The summed E-state index contributed by atoms with van der Waals surface area (Å²) >= 11 is 0. The molecule has 1 aliphatic rings. The van der Waals surface area contributed by atoms with Crippen LogP contribution in [0, 0.1) is 6.92 Å². The Morgan fingerprint density at radius 2 is 1.55 bits per heavy atom. The molecule has 1 heterocycles. The summed E-state index contributed by atoms with van der Waals surface area (Å²) in [5.74, 6) is 0. The van der Waals surface area contributed by atoms with Crippen molar-refractivity contribution in [3.63, 3.8) is 0 Å². The second kappa shape index (κ2) is 4.47. The minimum Gasteiger partial charge on any atom is -0.404 e. The maximum Gasteiger partial charge on any atom is 0.416 e. The number of hydrogen-bond donors (Lipinski definition) is 2. The van der Waals surface area contributed by atoms with Gasteiger partial charge in [0, 0.05) is 11.4 Å². The molecule has 0 amide bonds. The first-order valence-corrected chi connectivity index (χ1v) is 6.24. The third-order valence-electron chi connectivity index (χ3n) is 3.35. The van der Waals surface area contributed by atoms with Crippen molar-refractivity contribution in [1.29, 1.82) is 0 Å². The van der Waals surface area contributed by atoms with Crippen molar-refractivity contribution >= 4 is 23.8 Å². The van der Waals surface area contributed by atoms with Gasteiger partial charge in [0.15, 0.2) is 0 Å². The van der Waals surface area contributed by atoms with Gasteiger partial charge in [0.1, 0.15) is 0 Å². The van der Waals surface area contributed by atoms with Gasteiger partial charge >= 0.3 is 13.2 Å². The second-order valence-corrected chi connectivity index (χ2v) is 4.89.